The van der Waals surface area contributed by atoms with E-state index in [1.54, 1.807) is 11.6 Å². The number of nitrogens with zero attached hydrogens (tertiary/aromatic N) is 1. The largest absolute Gasteiger partial charge is 0.448 e. The van der Waals surface area contributed by atoms with Crippen molar-refractivity contribution in [2.24, 2.45) is 0 Å². The number of thiocarbonyl (C=S) groups is 1. The van der Waals surface area contributed by atoms with Crippen LogP contribution in [0.3, 0.4) is 0 Å². The second kappa shape index (κ2) is 5.04. The molecular weight excluding hydrogens is 170 g/mol. The minimum Gasteiger partial charge on any atom is -0.448 e. The molecule has 0 aliphatic heterocycles. The molecule has 0 radical (unpaired) electrons. The highest BCUT2D eigenvalue weighted by Crippen LogP contribution is 2.20. The standard InChI is InChI=1S/C7H11NO.C2H4S/c1-7(2,3)6-4-8-5-9-6;1-2-3/h4-5H,1-3H3;2H,1H3. The predicted octanol–water partition coefficient (Wildman–Crippen LogP) is 2.98. The minimum absolute atomic E-state index is 0.0938. The molecule has 0 aliphatic carbocycles. The number of oxazole rings is 1. The molecule has 0 amide bonds. The van der Waals surface area contributed by atoms with Crippen LogP contribution in [-0.2, 0) is 5.41 Å². The van der Waals surface area contributed by atoms with Gasteiger partial charge in [-0.3, -0.25) is 0 Å². The molecule has 0 N–H and O–H groups in total. The Hall–Kier alpha value is -0.700. The van der Waals surface area contributed by atoms with E-state index in [1.807, 2.05) is 6.92 Å². The normalized spacial score (nSPS) is 10.0. The summed E-state index contributed by atoms with van der Waals surface area (Å²) in [5.41, 5.74) is 0.0938. The molecule has 0 fully saturated rings. The van der Waals surface area contributed by atoms with Gasteiger partial charge in [0.2, 0.25) is 0 Å². The zero-order valence-corrected chi connectivity index (χ0v) is 8.81. The minimum atomic E-state index is 0.0938. The van der Waals surface area contributed by atoms with E-state index in [-0.39, 0.29) is 5.41 Å². The van der Waals surface area contributed by atoms with E-state index in [9.17, 15) is 0 Å². The lowest BCUT2D eigenvalue weighted by molar-refractivity contribution is 0.408. The van der Waals surface area contributed by atoms with Crippen LogP contribution in [-0.4, -0.2) is 10.4 Å². The monoisotopic (exact) mass is 185 g/mol. The van der Waals surface area contributed by atoms with Crippen molar-refractivity contribution >= 4 is 17.6 Å². The Morgan fingerprint density at radius 3 is 2.17 bits per heavy atom. The number of aromatic nitrogens is 1. The summed E-state index contributed by atoms with van der Waals surface area (Å²) in [6, 6.07) is 0. The van der Waals surface area contributed by atoms with Crippen molar-refractivity contribution in [1.82, 2.24) is 4.98 Å². The third kappa shape index (κ3) is 4.23. The first-order valence-corrected chi connectivity index (χ1v) is 4.28. The van der Waals surface area contributed by atoms with Gasteiger partial charge in [-0.15, -0.1) is 0 Å². The van der Waals surface area contributed by atoms with E-state index in [0.717, 1.165) is 5.76 Å². The molecule has 0 saturated heterocycles. The first kappa shape index (κ1) is 11.3. The van der Waals surface area contributed by atoms with E-state index in [2.05, 4.69) is 38.0 Å². The molecule has 0 saturated carbocycles. The molecule has 0 atom stereocenters. The number of hydrogen-bond donors (Lipinski definition) is 0. The first-order chi connectivity index (χ1) is 5.52. The van der Waals surface area contributed by atoms with Gasteiger partial charge in [0.15, 0.2) is 6.39 Å². The summed E-state index contributed by atoms with van der Waals surface area (Å²) in [7, 11) is 0. The molecule has 0 aromatic carbocycles. The van der Waals surface area contributed by atoms with Crippen LogP contribution in [0.5, 0.6) is 0 Å². The molecule has 0 bridgehead atoms. The van der Waals surface area contributed by atoms with Crippen LogP contribution in [0.15, 0.2) is 17.0 Å². The van der Waals surface area contributed by atoms with Crippen LogP contribution < -0.4 is 0 Å². The van der Waals surface area contributed by atoms with E-state index < -0.39 is 0 Å². The van der Waals surface area contributed by atoms with Crippen LogP contribution >= 0.6 is 12.2 Å². The van der Waals surface area contributed by atoms with E-state index in [1.165, 1.54) is 6.39 Å². The van der Waals surface area contributed by atoms with Gasteiger partial charge in [0.25, 0.3) is 0 Å². The zero-order chi connectivity index (χ0) is 9.61. The van der Waals surface area contributed by atoms with E-state index in [4.69, 9.17) is 4.42 Å². The second-order valence-electron chi connectivity index (χ2n) is 3.35. The summed E-state index contributed by atoms with van der Waals surface area (Å²) in [6.07, 6.45) is 3.21. The average Bonchev–Trinajstić information content (AvgIpc) is 2.36. The third-order valence-electron chi connectivity index (χ3n) is 1.17. The molecule has 68 valence electrons. The second-order valence-corrected chi connectivity index (χ2v) is 3.82. The highest BCUT2D eigenvalue weighted by molar-refractivity contribution is 7.78. The molecule has 2 nitrogen and oxygen atoms in total. The molecule has 0 aliphatic rings. The van der Waals surface area contributed by atoms with Gasteiger partial charge in [0.05, 0.1) is 6.20 Å². The van der Waals surface area contributed by atoms with E-state index >= 15 is 0 Å². The van der Waals surface area contributed by atoms with Crippen LogP contribution in [0.2, 0.25) is 0 Å². The van der Waals surface area contributed by atoms with Crippen LogP contribution in [0.1, 0.15) is 33.5 Å². The highest BCUT2D eigenvalue weighted by Gasteiger charge is 2.16. The van der Waals surface area contributed by atoms with Crippen molar-refractivity contribution in [3.8, 4) is 0 Å². The maximum atomic E-state index is 5.09. The van der Waals surface area contributed by atoms with Crippen LogP contribution in [0, 0.1) is 0 Å². The fraction of sp³-hybridized carbons (Fsp3) is 0.556. The Morgan fingerprint density at radius 2 is 2.00 bits per heavy atom. The van der Waals surface area contributed by atoms with E-state index in [0.29, 0.717) is 0 Å². The van der Waals surface area contributed by atoms with Gasteiger partial charge in [-0.25, -0.2) is 4.98 Å². The fourth-order valence-electron chi connectivity index (χ4n) is 0.586. The lowest BCUT2D eigenvalue weighted by Crippen LogP contribution is -2.08. The van der Waals surface area contributed by atoms with Crippen molar-refractivity contribution in [3.63, 3.8) is 0 Å². The molecule has 0 spiro atoms. The van der Waals surface area contributed by atoms with Crippen molar-refractivity contribution in [2.45, 2.75) is 33.1 Å². The highest BCUT2D eigenvalue weighted by atomic mass is 32.1. The summed E-state index contributed by atoms with van der Waals surface area (Å²) in [5.74, 6) is 0.933. The van der Waals surface area contributed by atoms with Gasteiger partial charge in [-0.2, -0.15) is 0 Å². The van der Waals surface area contributed by atoms with Crippen LogP contribution in [0.25, 0.3) is 0 Å². The molecule has 1 rings (SSSR count). The van der Waals surface area contributed by atoms with Crippen LogP contribution in [0.4, 0.5) is 0 Å². The summed E-state index contributed by atoms with van der Waals surface area (Å²) in [5, 5.41) is 1.58. The Bertz CT molecular complexity index is 211. The molecule has 0 unspecified atom stereocenters. The maximum absolute atomic E-state index is 5.09. The summed E-state index contributed by atoms with van der Waals surface area (Å²) < 4.78 is 5.09. The van der Waals surface area contributed by atoms with Gasteiger partial charge < -0.3 is 4.42 Å². The quantitative estimate of drug-likeness (QED) is 0.581. The third-order valence-corrected chi connectivity index (χ3v) is 1.17. The topological polar surface area (TPSA) is 26.0 Å². The number of hydrogen-bond acceptors (Lipinski definition) is 3. The Labute approximate surface area is 79.0 Å². The van der Waals surface area contributed by atoms with Crippen molar-refractivity contribution in [2.75, 3.05) is 0 Å². The maximum Gasteiger partial charge on any atom is 0.180 e. The molecule has 1 heterocycles. The molecule has 12 heavy (non-hydrogen) atoms. The Morgan fingerprint density at radius 1 is 1.50 bits per heavy atom. The van der Waals surface area contributed by atoms with Gasteiger partial charge >= 0.3 is 0 Å². The van der Waals surface area contributed by atoms with Gasteiger partial charge in [0.1, 0.15) is 5.76 Å². The Kier molecular flexibility index (Phi) is 4.74. The van der Waals surface area contributed by atoms with Gasteiger partial charge in [-0.1, -0.05) is 33.0 Å². The van der Waals surface area contributed by atoms with Crippen molar-refractivity contribution < 1.29 is 4.42 Å². The SMILES string of the molecule is CC(C)(C)c1cnco1.CC=S. The average molecular weight is 185 g/mol. The Balaban J connectivity index is 0.000000354. The lowest BCUT2D eigenvalue weighted by Gasteiger charge is -2.12. The van der Waals surface area contributed by atoms with Crippen molar-refractivity contribution in [3.05, 3.63) is 18.4 Å². The summed E-state index contributed by atoms with van der Waals surface area (Å²) in [4.78, 5) is 3.82. The lowest BCUT2D eigenvalue weighted by atomic mass is 9.94. The van der Waals surface area contributed by atoms with Gasteiger partial charge in [-0.05, 0) is 12.3 Å². The smallest absolute Gasteiger partial charge is 0.180 e. The first-order valence-electron chi connectivity index (χ1n) is 3.81. The van der Waals surface area contributed by atoms with Crippen molar-refractivity contribution in [1.29, 1.82) is 0 Å². The zero-order valence-electron chi connectivity index (χ0n) is 8.00. The summed E-state index contributed by atoms with van der Waals surface area (Å²) in [6.45, 7) is 8.09. The fourth-order valence-corrected chi connectivity index (χ4v) is 0.586. The molecule has 3 heteroatoms. The molecular formula is C9H15NOS. The predicted molar refractivity (Wildman–Crippen MR) is 54.5 cm³/mol. The molecule has 1 aromatic heterocycles. The van der Waals surface area contributed by atoms with Gasteiger partial charge in [0, 0.05) is 5.41 Å². The molecule has 1 aromatic rings. The summed E-state index contributed by atoms with van der Waals surface area (Å²) >= 11 is 4.27. The number of rotatable bonds is 0.